The van der Waals surface area contributed by atoms with Gasteiger partial charge in [0.25, 0.3) is 5.78 Å². The Labute approximate surface area is 123 Å². The molecular weight excluding hydrogens is 316 g/mol. The Kier molecular flexibility index (Phi) is 6.02. The highest BCUT2D eigenvalue weighted by Crippen LogP contribution is 2.55. The number of rotatable bonds is 5. The van der Waals surface area contributed by atoms with Crippen molar-refractivity contribution in [1.82, 2.24) is 0 Å². The van der Waals surface area contributed by atoms with Crippen molar-refractivity contribution in [2.45, 2.75) is 68.3 Å². The first kappa shape index (κ1) is 19.3. The third kappa shape index (κ3) is 3.13. The number of ketones is 1. The maximum absolute atomic E-state index is 12.8. The van der Waals surface area contributed by atoms with Crippen LogP contribution in [0.5, 0.6) is 0 Å². The van der Waals surface area contributed by atoms with Gasteiger partial charge in [-0.15, -0.1) is 0 Å². The van der Waals surface area contributed by atoms with E-state index in [0.717, 1.165) is 0 Å². The molecule has 0 atom stereocenters. The number of carbonyl (C=O) groups excluding carboxylic acids is 1. The van der Waals surface area contributed by atoms with Gasteiger partial charge in [0.1, 0.15) is 8.07 Å². The number of carbonyl (C=O) groups is 1. The highest BCUT2D eigenvalue weighted by molar-refractivity contribution is 7.03. The Morgan fingerprint density at radius 1 is 0.895 bits per heavy atom. The van der Waals surface area contributed by atoms with Crippen LogP contribution < -0.4 is 0 Å². The van der Waals surface area contributed by atoms with Crippen molar-refractivity contribution in [3.05, 3.63) is 0 Å². The molecule has 0 aromatic heterocycles. The first-order valence-corrected chi connectivity index (χ1v) is 9.22. The van der Waals surface area contributed by atoms with Crippen LogP contribution in [0.4, 0.5) is 13.2 Å². The Morgan fingerprint density at radius 2 is 1.16 bits per heavy atom. The normalized spacial score (nSPS) is 14.6. The molecule has 0 unspecified atom stereocenters. The van der Waals surface area contributed by atoms with Gasteiger partial charge in [0, 0.05) is 0 Å². The highest BCUT2D eigenvalue weighted by Gasteiger charge is 2.66. The molecule has 0 aliphatic heterocycles. The van der Waals surface area contributed by atoms with Crippen LogP contribution in [-0.2, 0) is 4.79 Å². The summed E-state index contributed by atoms with van der Waals surface area (Å²) in [5.41, 5.74) is -0.434. The molecule has 0 aromatic rings. The molecule has 0 spiro atoms. The van der Waals surface area contributed by atoms with Crippen LogP contribution in [0, 0.1) is 0 Å². The standard InChI is InChI=1S/C12H21Cl2F3OSi/c1-7(2)19(8(3)4,9(5)6)11(13,14)10(18)12(15,16)17/h7-9H,1-6H3. The van der Waals surface area contributed by atoms with Crippen molar-refractivity contribution in [3.63, 3.8) is 0 Å². The van der Waals surface area contributed by atoms with Gasteiger partial charge in [0.05, 0.1) is 0 Å². The average Bonchev–Trinajstić information content (AvgIpc) is 2.12. The lowest BCUT2D eigenvalue weighted by molar-refractivity contribution is -0.170. The van der Waals surface area contributed by atoms with Crippen LogP contribution in [0.3, 0.4) is 0 Å². The van der Waals surface area contributed by atoms with Crippen LogP contribution in [0.1, 0.15) is 41.5 Å². The van der Waals surface area contributed by atoms with Gasteiger partial charge in [-0.2, -0.15) is 13.2 Å². The quantitative estimate of drug-likeness (QED) is 0.477. The smallest absolute Gasteiger partial charge is 0.286 e. The van der Waals surface area contributed by atoms with Crippen molar-refractivity contribution in [3.8, 4) is 0 Å². The molecule has 19 heavy (non-hydrogen) atoms. The summed E-state index contributed by atoms with van der Waals surface area (Å²) < 4.78 is 35.9. The van der Waals surface area contributed by atoms with Gasteiger partial charge in [-0.1, -0.05) is 64.7 Å². The number of halogens is 5. The summed E-state index contributed by atoms with van der Waals surface area (Å²) >= 11 is 12.1. The molecule has 0 saturated carbocycles. The molecule has 0 saturated heterocycles. The fraction of sp³-hybridized carbons (Fsp3) is 0.917. The molecular formula is C12H21Cl2F3OSi. The van der Waals surface area contributed by atoms with Crippen molar-refractivity contribution < 1.29 is 18.0 Å². The van der Waals surface area contributed by atoms with E-state index in [2.05, 4.69) is 0 Å². The van der Waals surface area contributed by atoms with Crippen LogP contribution in [0.15, 0.2) is 0 Å². The van der Waals surface area contributed by atoms with E-state index in [1.165, 1.54) is 0 Å². The summed E-state index contributed by atoms with van der Waals surface area (Å²) in [6, 6.07) is 0. The maximum Gasteiger partial charge on any atom is 0.452 e. The summed E-state index contributed by atoms with van der Waals surface area (Å²) in [6.07, 6.45) is -5.01. The summed E-state index contributed by atoms with van der Waals surface area (Å²) in [5, 5.41) is 0. The molecule has 0 aliphatic carbocycles. The number of Topliss-reactive ketones (excluding diaryl/α,β-unsaturated/α-hetero) is 1. The first-order chi connectivity index (χ1) is 8.23. The van der Waals surface area contributed by atoms with E-state index >= 15 is 0 Å². The predicted octanol–water partition coefficient (Wildman–Crippen LogP) is 5.51. The summed E-state index contributed by atoms with van der Waals surface area (Å²) in [4.78, 5) is 11.7. The van der Waals surface area contributed by atoms with E-state index in [4.69, 9.17) is 23.2 Å². The minimum absolute atomic E-state index is 0.145. The van der Waals surface area contributed by atoms with Gasteiger partial charge >= 0.3 is 6.18 Å². The highest BCUT2D eigenvalue weighted by atomic mass is 35.5. The monoisotopic (exact) mass is 336 g/mol. The van der Waals surface area contributed by atoms with E-state index in [-0.39, 0.29) is 16.6 Å². The van der Waals surface area contributed by atoms with Crippen molar-refractivity contribution in [2.75, 3.05) is 0 Å². The second-order valence-corrected chi connectivity index (χ2v) is 13.8. The summed E-state index contributed by atoms with van der Waals surface area (Å²) in [7, 11) is -2.97. The second kappa shape index (κ2) is 5.94. The fourth-order valence-electron chi connectivity index (χ4n) is 3.46. The van der Waals surface area contributed by atoms with Crippen molar-refractivity contribution in [2.24, 2.45) is 0 Å². The van der Waals surface area contributed by atoms with Crippen LogP contribution >= 0.6 is 23.2 Å². The van der Waals surface area contributed by atoms with Crippen LogP contribution in [0.2, 0.25) is 16.6 Å². The molecule has 0 aliphatic rings. The fourth-order valence-corrected chi connectivity index (χ4v) is 14.3. The molecule has 0 bridgehead atoms. The minimum Gasteiger partial charge on any atom is -0.286 e. The molecule has 0 rings (SSSR count). The molecule has 0 aromatic carbocycles. The van der Waals surface area contributed by atoms with Crippen LogP contribution in [0.25, 0.3) is 0 Å². The number of alkyl halides is 5. The lowest BCUT2D eigenvalue weighted by Gasteiger charge is -2.49. The largest absolute Gasteiger partial charge is 0.452 e. The van der Waals surface area contributed by atoms with Crippen LogP contribution in [-0.4, -0.2) is 24.0 Å². The average molecular weight is 337 g/mol. The van der Waals surface area contributed by atoms with E-state index in [9.17, 15) is 18.0 Å². The molecule has 7 heteroatoms. The Bertz CT molecular complexity index is 317. The number of hydrogen-bond donors (Lipinski definition) is 0. The molecule has 1 nitrogen and oxygen atoms in total. The Morgan fingerprint density at radius 3 is 1.32 bits per heavy atom. The molecule has 0 N–H and O–H groups in total. The summed E-state index contributed by atoms with van der Waals surface area (Å²) in [5.74, 6) is -2.02. The zero-order valence-electron chi connectivity index (χ0n) is 12.0. The third-order valence-corrected chi connectivity index (χ3v) is 13.3. The van der Waals surface area contributed by atoms with Gasteiger partial charge in [0.15, 0.2) is 3.96 Å². The maximum atomic E-state index is 12.8. The van der Waals surface area contributed by atoms with E-state index in [1.54, 1.807) is 41.5 Å². The molecule has 0 amide bonds. The summed E-state index contributed by atoms with van der Waals surface area (Å²) in [6.45, 7) is 10.8. The van der Waals surface area contributed by atoms with Crippen molar-refractivity contribution >= 4 is 37.1 Å². The van der Waals surface area contributed by atoms with E-state index in [0.29, 0.717) is 0 Å². The van der Waals surface area contributed by atoms with Gasteiger partial charge in [-0.3, -0.25) is 4.79 Å². The lowest BCUT2D eigenvalue weighted by atomic mass is 10.4. The predicted molar refractivity (Wildman–Crippen MR) is 76.5 cm³/mol. The zero-order valence-corrected chi connectivity index (χ0v) is 14.5. The topological polar surface area (TPSA) is 17.1 Å². The lowest BCUT2D eigenvalue weighted by Crippen LogP contribution is -2.64. The third-order valence-electron chi connectivity index (χ3n) is 3.95. The van der Waals surface area contributed by atoms with Crippen molar-refractivity contribution in [1.29, 1.82) is 0 Å². The Hall–Kier alpha value is 0.257. The SMILES string of the molecule is CC(C)[Si](C(C)C)(C(C)C)C(Cl)(Cl)C(=O)C(F)(F)F. The molecule has 0 fully saturated rings. The Balaban J connectivity index is 6.08. The van der Waals surface area contributed by atoms with Gasteiger partial charge in [0.2, 0.25) is 0 Å². The van der Waals surface area contributed by atoms with Gasteiger partial charge in [-0.25, -0.2) is 0 Å². The first-order valence-electron chi connectivity index (χ1n) is 6.23. The zero-order chi connectivity index (χ0) is 15.8. The molecule has 0 heterocycles. The second-order valence-electron chi connectivity index (χ2n) is 5.80. The van der Waals surface area contributed by atoms with E-state index < -0.39 is 24.0 Å². The molecule has 114 valence electrons. The molecule has 0 radical (unpaired) electrons. The van der Waals surface area contributed by atoms with Gasteiger partial charge < -0.3 is 0 Å². The minimum atomic E-state index is -5.01. The van der Waals surface area contributed by atoms with Gasteiger partial charge in [-0.05, 0) is 16.6 Å². The van der Waals surface area contributed by atoms with E-state index in [1.807, 2.05) is 0 Å². The number of hydrogen-bond acceptors (Lipinski definition) is 1.